The summed E-state index contributed by atoms with van der Waals surface area (Å²) in [7, 11) is 0. The van der Waals surface area contributed by atoms with Crippen LogP contribution in [0.25, 0.3) is 0 Å². The second-order valence-corrected chi connectivity index (χ2v) is 4.00. The molecular weight excluding hydrogens is 191 g/mol. The van der Waals surface area contributed by atoms with Crippen LogP contribution in [0.4, 0.5) is 0 Å². The van der Waals surface area contributed by atoms with Crippen LogP contribution < -0.4 is 0 Å². The summed E-state index contributed by atoms with van der Waals surface area (Å²) in [4.78, 5) is 0. The lowest BCUT2D eigenvalue weighted by Gasteiger charge is -2.19. The van der Waals surface area contributed by atoms with Gasteiger partial charge in [-0.1, -0.05) is 30.3 Å². The van der Waals surface area contributed by atoms with Gasteiger partial charge in [0.05, 0.1) is 12.2 Å². The van der Waals surface area contributed by atoms with Crippen LogP contribution in [0.3, 0.4) is 0 Å². The monoisotopic (exact) mass is 209 g/mol. The van der Waals surface area contributed by atoms with E-state index in [4.69, 9.17) is 14.8 Å². The van der Waals surface area contributed by atoms with Crippen LogP contribution in [-0.2, 0) is 11.3 Å². The smallest absolute Gasteiger partial charge is 0.429 e. The molecule has 0 saturated carbocycles. The fraction of sp³-hybridized carbons (Fsp3) is 0.455. The minimum absolute atomic E-state index is 0. The third-order valence-electron chi connectivity index (χ3n) is 1.51. The molecular formula is C11H18BO3. The molecule has 0 saturated heterocycles. The molecule has 0 aromatic heterocycles. The maximum Gasteiger partial charge on any atom is 0.482 e. The highest BCUT2D eigenvalue weighted by molar-refractivity contribution is 6.13. The van der Waals surface area contributed by atoms with Crippen molar-refractivity contribution in [2.24, 2.45) is 0 Å². The third kappa shape index (κ3) is 9.47. The van der Waals surface area contributed by atoms with Crippen molar-refractivity contribution in [3.8, 4) is 0 Å². The molecule has 3 nitrogen and oxygen atoms in total. The van der Waals surface area contributed by atoms with Crippen molar-refractivity contribution in [1.82, 2.24) is 0 Å². The Balaban J connectivity index is 0.000000583. The Labute approximate surface area is 92.0 Å². The van der Waals surface area contributed by atoms with Crippen LogP contribution >= 0.6 is 0 Å². The molecule has 0 heterocycles. The van der Waals surface area contributed by atoms with Gasteiger partial charge in [-0.05, 0) is 26.3 Å². The van der Waals surface area contributed by atoms with Crippen LogP contribution in [0.15, 0.2) is 30.3 Å². The Morgan fingerprint density at radius 2 is 1.60 bits per heavy atom. The molecule has 1 aromatic rings. The van der Waals surface area contributed by atoms with Crippen LogP contribution in [0.5, 0.6) is 0 Å². The van der Waals surface area contributed by atoms with E-state index in [0.29, 0.717) is 6.61 Å². The van der Waals surface area contributed by atoms with Crippen molar-refractivity contribution in [3.63, 3.8) is 0 Å². The number of hydrogen-bond donors (Lipinski definition) is 2. The molecule has 0 spiro atoms. The van der Waals surface area contributed by atoms with Gasteiger partial charge in [0, 0.05) is 0 Å². The highest BCUT2D eigenvalue weighted by atomic mass is 16.5. The normalized spacial score (nSPS) is 10.2. The Morgan fingerprint density at radius 3 is 2.00 bits per heavy atom. The van der Waals surface area contributed by atoms with Gasteiger partial charge in [-0.2, -0.15) is 0 Å². The number of hydrogen-bond acceptors (Lipinski definition) is 3. The van der Waals surface area contributed by atoms with Crippen molar-refractivity contribution >= 4 is 7.69 Å². The molecule has 0 unspecified atom stereocenters. The summed E-state index contributed by atoms with van der Waals surface area (Å²) >= 11 is 0. The molecule has 0 amide bonds. The average Bonchev–Trinajstić information content (AvgIpc) is 2.17. The lowest BCUT2D eigenvalue weighted by molar-refractivity contribution is -0.0149. The summed E-state index contributed by atoms with van der Waals surface area (Å²) in [5, 5.41) is 14.0. The molecule has 0 fully saturated rings. The topological polar surface area (TPSA) is 49.7 Å². The predicted octanol–water partition coefficient (Wildman–Crippen LogP) is 1.51. The van der Waals surface area contributed by atoms with E-state index in [1.807, 2.05) is 18.2 Å². The van der Waals surface area contributed by atoms with E-state index in [1.165, 1.54) is 5.56 Å². The summed E-state index contributed by atoms with van der Waals surface area (Å²) in [6.45, 7) is 6.90. The van der Waals surface area contributed by atoms with Gasteiger partial charge in [-0.3, -0.25) is 0 Å². The second kappa shape index (κ2) is 7.46. The lowest BCUT2D eigenvalue weighted by Crippen LogP contribution is -2.18. The Bertz CT molecular complexity index is 244. The quantitative estimate of drug-likeness (QED) is 0.725. The van der Waals surface area contributed by atoms with Gasteiger partial charge in [0.2, 0.25) is 0 Å². The van der Waals surface area contributed by atoms with Crippen LogP contribution in [-0.4, -0.2) is 23.3 Å². The summed E-state index contributed by atoms with van der Waals surface area (Å²) in [5.41, 5.74) is 1.18. The van der Waals surface area contributed by atoms with E-state index < -0.39 is 0 Å². The van der Waals surface area contributed by atoms with E-state index in [-0.39, 0.29) is 13.3 Å². The average molecular weight is 209 g/mol. The molecule has 1 radical (unpaired) electrons. The summed E-state index contributed by atoms with van der Waals surface area (Å²) < 4.78 is 5.62. The summed E-state index contributed by atoms with van der Waals surface area (Å²) in [6.07, 6.45) is 0. The fourth-order valence-corrected chi connectivity index (χ4v) is 0.874. The summed E-state index contributed by atoms with van der Waals surface area (Å²) in [6, 6.07) is 10.2. The van der Waals surface area contributed by atoms with E-state index in [1.54, 1.807) is 0 Å². The number of ether oxygens (including phenoxy) is 1. The molecule has 15 heavy (non-hydrogen) atoms. The van der Waals surface area contributed by atoms with Crippen LogP contribution in [0.2, 0.25) is 0 Å². The molecule has 0 aliphatic heterocycles. The largest absolute Gasteiger partial charge is 0.482 e. The molecule has 1 rings (SSSR count). The van der Waals surface area contributed by atoms with E-state index >= 15 is 0 Å². The minimum Gasteiger partial charge on any atom is -0.429 e. The first-order valence-electron chi connectivity index (χ1n) is 4.77. The molecule has 1 aromatic carbocycles. The van der Waals surface area contributed by atoms with Gasteiger partial charge in [-0.15, -0.1) is 0 Å². The van der Waals surface area contributed by atoms with E-state index in [0.717, 1.165) is 0 Å². The van der Waals surface area contributed by atoms with Gasteiger partial charge in [0.1, 0.15) is 0 Å². The van der Waals surface area contributed by atoms with Crippen molar-refractivity contribution in [2.45, 2.75) is 33.0 Å². The van der Waals surface area contributed by atoms with Gasteiger partial charge in [-0.25, -0.2) is 0 Å². The van der Waals surface area contributed by atoms with Crippen molar-refractivity contribution in [1.29, 1.82) is 0 Å². The maximum absolute atomic E-state index is 7.00. The van der Waals surface area contributed by atoms with Gasteiger partial charge in [0.15, 0.2) is 0 Å². The Morgan fingerprint density at radius 1 is 1.13 bits per heavy atom. The van der Waals surface area contributed by atoms with Crippen molar-refractivity contribution < 1.29 is 14.8 Å². The highest BCUT2D eigenvalue weighted by Crippen LogP contribution is 2.10. The van der Waals surface area contributed by atoms with Gasteiger partial charge in [0.25, 0.3) is 0 Å². The minimum atomic E-state index is -0.0458. The van der Waals surface area contributed by atoms with Crippen molar-refractivity contribution in [3.05, 3.63) is 35.9 Å². The molecule has 4 heteroatoms. The molecule has 0 aliphatic carbocycles. The molecule has 0 bridgehead atoms. The fourth-order valence-electron chi connectivity index (χ4n) is 0.874. The molecule has 0 aliphatic rings. The van der Waals surface area contributed by atoms with Crippen LogP contribution in [0, 0.1) is 0 Å². The second-order valence-electron chi connectivity index (χ2n) is 4.00. The highest BCUT2D eigenvalue weighted by Gasteiger charge is 2.09. The van der Waals surface area contributed by atoms with E-state index in [9.17, 15) is 0 Å². The zero-order valence-corrected chi connectivity index (χ0v) is 9.47. The maximum atomic E-state index is 7.00. The summed E-state index contributed by atoms with van der Waals surface area (Å²) in [5.74, 6) is 0. The zero-order chi connectivity index (χ0) is 11.7. The first-order valence-corrected chi connectivity index (χ1v) is 4.77. The Hall–Kier alpha value is -0.835. The van der Waals surface area contributed by atoms with Crippen LogP contribution in [0.1, 0.15) is 26.3 Å². The molecule has 0 atom stereocenters. The molecule has 2 N–H and O–H groups in total. The number of rotatable bonds is 2. The first-order chi connectivity index (χ1) is 6.99. The SMILES string of the molecule is CC(C)(C)OCc1ccccc1.O[B]O. The zero-order valence-electron chi connectivity index (χ0n) is 9.47. The van der Waals surface area contributed by atoms with Gasteiger partial charge < -0.3 is 14.8 Å². The van der Waals surface area contributed by atoms with Crippen molar-refractivity contribution in [2.75, 3.05) is 0 Å². The standard InChI is InChI=1S/C11H16O.BH2O2/c1-11(2,3)12-9-10-7-5-4-6-8-10;2-1-3/h4-8H,9H2,1-3H3;2-3H. The van der Waals surface area contributed by atoms with Gasteiger partial charge >= 0.3 is 7.69 Å². The first kappa shape index (κ1) is 14.2. The third-order valence-corrected chi connectivity index (χ3v) is 1.51. The predicted molar refractivity (Wildman–Crippen MR) is 61.2 cm³/mol. The Kier molecular flexibility index (Phi) is 7.04. The lowest BCUT2D eigenvalue weighted by atomic mass is 10.2. The number of benzene rings is 1. The molecule has 83 valence electrons. The van der Waals surface area contributed by atoms with E-state index in [2.05, 4.69) is 32.9 Å².